The van der Waals surface area contributed by atoms with Crippen LogP contribution in [0.2, 0.25) is 0 Å². The molecule has 0 amide bonds. The molecule has 1 rings (SSSR count). The van der Waals surface area contributed by atoms with Gasteiger partial charge in [-0.2, -0.15) is 0 Å². The third kappa shape index (κ3) is 3.41. The lowest BCUT2D eigenvalue weighted by Gasteiger charge is -2.11. The predicted octanol–water partition coefficient (Wildman–Crippen LogP) is 3.64. The van der Waals surface area contributed by atoms with Gasteiger partial charge in [-0.3, -0.25) is 0 Å². The van der Waals surface area contributed by atoms with Crippen molar-refractivity contribution in [3.8, 4) is 0 Å². The molecule has 0 aliphatic rings. The molecule has 0 aliphatic heterocycles. The summed E-state index contributed by atoms with van der Waals surface area (Å²) in [7, 11) is 0. The van der Waals surface area contributed by atoms with E-state index < -0.39 is 0 Å². The van der Waals surface area contributed by atoms with Crippen LogP contribution in [0.5, 0.6) is 0 Å². The SMILES string of the molecule is CCC(CC)CCc1ccc(N)cc1. The van der Waals surface area contributed by atoms with Gasteiger partial charge in [-0.15, -0.1) is 0 Å². The molecule has 78 valence electrons. The quantitative estimate of drug-likeness (QED) is 0.706. The fourth-order valence-corrected chi connectivity index (χ4v) is 1.75. The van der Waals surface area contributed by atoms with E-state index in [1.807, 2.05) is 12.1 Å². The first kappa shape index (κ1) is 11.1. The monoisotopic (exact) mass is 191 g/mol. The highest BCUT2D eigenvalue weighted by Crippen LogP contribution is 2.16. The Morgan fingerprint density at radius 2 is 1.64 bits per heavy atom. The molecule has 0 heterocycles. The van der Waals surface area contributed by atoms with Crippen LogP contribution >= 0.6 is 0 Å². The Morgan fingerprint density at radius 3 is 2.14 bits per heavy atom. The van der Waals surface area contributed by atoms with Crippen molar-refractivity contribution < 1.29 is 0 Å². The summed E-state index contributed by atoms with van der Waals surface area (Å²) in [6, 6.07) is 8.25. The number of anilines is 1. The number of rotatable bonds is 5. The van der Waals surface area contributed by atoms with Crippen LogP contribution in [-0.2, 0) is 6.42 Å². The van der Waals surface area contributed by atoms with Crippen LogP contribution < -0.4 is 5.73 Å². The zero-order valence-electron chi connectivity index (χ0n) is 9.29. The van der Waals surface area contributed by atoms with Gasteiger partial charge in [-0.05, 0) is 36.5 Å². The second-order valence-electron chi connectivity index (χ2n) is 3.96. The van der Waals surface area contributed by atoms with Gasteiger partial charge in [-0.25, -0.2) is 0 Å². The molecule has 1 heteroatoms. The van der Waals surface area contributed by atoms with Crippen molar-refractivity contribution in [2.24, 2.45) is 5.92 Å². The van der Waals surface area contributed by atoms with Crippen molar-refractivity contribution in [3.05, 3.63) is 29.8 Å². The van der Waals surface area contributed by atoms with Crippen LogP contribution in [0.1, 0.15) is 38.7 Å². The van der Waals surface area contributed by atoms with Crippen molar-refractivity contribution in [2.45, 2.75) is 39.5 Å². The summed E-state index contributed by atoms with van der Waals surface area (Å²) >= 11 is 0. The highest BCUT2D eigenvalue weighted by Gasteiger charge is 2.03. The van der Waals surface area contributed by atoms with Gasteiger partial charge in [0.05, 0.1) is 0 Å². The average Bonchev–Trinajstić information content (AvgIpc) is 2.22. The molecule has 0 unspecified atom stereocenters. The number of aryl methyl sites for hydroxylation is 1. The van der Waals surface area contributed by atoms with Crippen LogP contribution in [-0.4, -0.2) is 0 Å². The van der Waals surface area contributed by atoms with E-state index in [0.717, 1.165) is 11.6 Å². The smallest absolute Gasteiger partial charge is 0.0314 e. The van der Waals surface area contributed by atoms with Gasteiger partial charge < -0.3 is 5.73 Å². The summed E-state index contributed by atoms with van der Waals surface area (Å²) in [5.74, 6) is 0.882. The van der Waals surface area contributed by atoms with Gasteiger partial charge in [0.2, 0.25) is 0 Å². The summed E-state index contributed by atoms with van der Waals surface area (Å²) in [5.41, 5.74) is 7.90. The normalized spacial score (nSPS) is 10.8. The molecule has 0 aliphatic carbocycles. The molecule has 0 fully saturated rings. The van der Waals surface area contributed by atoms with E-state index in [2.05, 4.69) is 26.0 Å². The van der Waals surface area contributed by atoms with Crippen LogP contribution in [0, 0.1) is 5.92 Å². The second-order valence-corrected chi connectivity index (χ2v) is 3.96. The number of nitrogen functional groups attached to an aromatic ring is 1. The summed E-state index contributed by atoms with van der Waals surface area (Å²) in [4.78, 5) is 0. The minimum atomic E-state index is 0.858. The van der Waals surface area contributed by atoms with Crippen LogP contribution in [0.15, 0.2) is 24.3 Å². The maximum atomic E-state index is 5.63. The molecule has 0 spiro atoms. The van der Waals surface area contributed by atoms with Gasteiger partial charge in [-0.1, -0.05) is 38.8 Å². The van der Waals surface area contributed by atoms with E-state index >= 15 is 0 Å². The van der Waals surface area contributed by atoms with E-state index in [0.29, 0.717) is 0 Å². The van der Waals surface area contributed by atoms with E-state index in [-0.39, 0.29) is 0 Å². The first-order chi connectivity index (χ1) is 6.76. The lowest BCUT2D eigenvalue weighted by Crippen LogP contribution is -1.99. The minimum absolute atomic E-state index is 0.858. The molecule has 0 aromatic heterocycles. The van der Waals surface area contributed by atoms with Crippen LogP contribution in [0.25, 0.3) is 0 Å². The Balaban J connectivity index is 2.41. The van der Waals surface area contributed by atoms with Crippen molar-refractivity contribution in [1.82, 2.24) is 0 Å². The minimum Gasteiger partial charge on any atom is -0.399 e. The van der Waals surface area contributed by atoms with Gasteiger partial charge in [0.1, 0.15) is 0 Å². The fraction of sp³-hybridized carbons (Fsp3) is 0.538. The number of nitrogens with two attached hydrogens (primary N) is 1. The first-order valence-corrected chi connectivity index (χ1v) is 5.60. The Labute approximate surface area is 87.3 Å². The molecular formula is C13H21N. The Morgan fingerprint density at radius 1 is 1.07 bits per heavy atom. The zero-order valence-corrected chi connectivity index (χ0v) is 9.29. The summed E-state index contributed by atoms with van der Waals surface area (Å²) in [5, 5.41) is 0. The summed E-state index contributed by atoms with van der Waals surface area (Å²) < 4.78 is 0. The Bertz CT molecular complexity index is 246. The lowest BCUT2D eigenvalue weighted by atomic mass is 9.95. The first-order valence-electron chi connectivity index (χ1n) is 5.60. The molecule has 1 nitrogen and oxygen atoms in total. The van der Waals surface area contributed by atoms with E-state index in [9.17, 15) is 0 Å². The second kappa shape index (κ2) is 5.69. The average molecular weight is 191 g/mol. The lowest BCUT2D eigenvalue weighted by molar-refractivity contribution is 0.456. The molecule has 0 saturated carbocycles. The van der Waals surface area contributed by atoms with E-state index in [4.69, 9.17) is 5.73 Å². The Hall–Kier alpha value is -0.980. The molecular weight excluding hydrogens is 170 g/mol. The van der Waals surface area contributed by atoms with Gasteiger partial charge in [0, 0.05) is 5.69 Å². The van der Waals surface area contributed by atoms with Crippen molar-refractivity contribution in [2.75, 3.05) is 5.73 Å². The highest BCUT2D eigenvalue weighted by molar-refractivity contribution is 5.39. The number of benzene rings is 1. The molecule has 0 bridgehead atoms. The molecule has 0 radical (unpaired) electrons. The van der Waals surface area contributed by atoms with Gasteiger partial charge >= 0.3 is 0 Å². The standard InChI is InChI=1S/C13H21N/c1-3-11(4-2)5-6-12-7-9-13(14)10-8-12/h7-11H,3-6,14H2,1-2H3. The highest BCUT2D eigenvalue weighted by atomic mass is 14.5. The van der Waals surface area contributed by atoms with Gasteiger partial charge in [0.25, 0.3) is 0 Å². The predicted molar refractivity (Wildman–Crippen MR) is 63.2 cm³/mol. The maximum Gasteiger partial charge on any atom is 0.0314 e. The van der Waals surface area contributed by atoms with Crippen LogP contribution in [0.3, 0.4) is 0 Å². The summed E-state index contributed by atoms with van der Waals surface area (Å²) in [6.07, 6.45) is 5.08. The fourth-order valence-electron chi connectivity index (χ4n) is 1.75. The maximum absolute atomic E-state index is 5.63. The third-order valence-electron chi connectivity index (χ3n) is 2.98. The van der Waals surface area contributed by atoms with E-state index in [1.165, 1.54) is 31.2 Å². The largest absolute Gasteiger partial charge is 0.399 e. The zero-order chi connectivity index (χ0) is 10.4. The number of hydrogen-bond acceptors (Lipinski definition) is 1. The molecule has 0 atom stereocenters. The van der Waals surface area contributed by atoms with Crippen molar-refractivity contribution >= 4 is 5.69 Å². The van der Waals surface area contributed by atoms with E-state index in [1.54, 1.807) is 0 Å². The topological polar surface area (TPSA) is 26.0 Å². The van der Waals surface area contributed by atoms with Gasteiger partial charge in [0.15, 0.2) is 0 Å². The molecule has 2 N–H and O–H groups in total. The molecule has 0 saturated heterocycles. The Kier molecular flexibility index (Phi) is 4.51. The third-order valence-corrected chi connectivity index (χ3v) is 2.98. The van der Waals surface area contributed by atoms with Crippen molar-refractivity contribution in [3.63, 3.8) is 0 Å². The molecule has 14 heavy (non-hydrogen) atoms. The number of hydrogen-bond donors (Lipinski definition) is 1. The molecule has 1 aromatic carbocycles. The summed E-state index contributed by atoms with van der Waals surface area (Å²) in [6.45, 7) is 4.55. The molecule has 1 aromatic rings. The van der Waals surface area contributed by atoms with Crippen molar-refractivity contribution in [1.29, 1.82) is 0 Å². The van der Waals surface area contributed by atoms with Crippen LogP contribution in [0.4, 0.5) is 5.69 Å².